The van der Waals surface area contributed by atoms with E-state index in [1.165, 1.54) is 5.56 Å². The fourth-order valence-corrected chi connectivity index (χ4v) is 4.12. The van der Waals surface area contributed by atoms with Crippen molar-refractivity contribution in [1.29, 1.82) is 0 Å². The van der Waals surface area contributed by atoms with Crippen molar-refractivity contribution in [2.75, 3.05) is 0 Å². The molecule has 0 aliphatic heterocycles. The maximum atomic E-state index is 8.37. The van der Waals surface area contributed by atoms with Crippen LogP contribution >= 0.6 is 0 Å². The number of fused-ring (bicyclic) bond motifs is 3. The molecule has 0 saturated carbocycles. The van der Waals surface area contributed by atoms with Crippen molar-refractivity contribution in [3.63, 3.8) is 0 Å². The van der Waals surface area contributed by atoms with Gasteiger partial charge in [-0.3, -0.25) is 4.98 Å². The maximum Gasteiger partial charge on any atom is 0.227 e. The van der Waals surface area contributed by atoms with Gasteiger partial charge in [-0.15, -0.1) is 0 Å². The van der Waals surface area contributed by atoms with Gasteiger partial charge in [-0.25, -0.2) is 4.98 Å². The fourth-order valence-electron chi connectivity index (χ4n) is 4.12. The summed E-state index contributed by atoms with van der Waals surface area (Å²) in [5.41, 5.74) is 5.97. The Kier molecular flexibility index (Phi) is 4.34. The van der Waals surface area contributed by atoms with Gasteiger partial charge in [-0.1, -0.05) is 70.2 Å². The maximum absolute atomic E-state index is 8.37. The summed E-state index contributed by atoms with van der Waals surface area (Å²) in [6.07, 6.45) is 1.77. The zero-order chi connectivity index (χ0) is 22.5. The Morgan fingerprint density at radius 3 is 2.48 bits per heavy atom. The molecule has 0 aliphatic rings. The first-order chi connectivity index (χ1) is 15.2. The van der Waals surface area contributed by atoms with Crippen molar-refractivity contribution in [2.45, 2.75) is 39.0 Å². The van der Waals surface area contributed by atoms with E-state index in [2.05, 4.69) is 61.3 Å². The summed E-state index contributed by atoms with van der Waals surface area (Å²) < 4.78 is 14.7. The third-order valence-corrected chi connectivity index (χ3v) is 6.11. The molecule has 3 heterocycles. The van der Waals surface area contributed by atoms with Gasteiger partial charge in [0.25, 0.3) is 0 Å². The normalized spacial score (nSPS) is 13.0. The highest BCUT2D eigenvalue weighted by molar-refractivity contribution is 6.08. The summed E-state index contributed by atoms with van der Waals surface area (Å²) in [4.78, 5) is 9.51. The second kappa shape index (κ2) is 7.35. The number of aromatic nitrogens is 2. The van der Waals surface area contributed by atoms with E-state index < -0.39 is 5.89 Å². The zero-order valence-corrected chi connectivity index (χ0v) is 18.3. The van der Waals surface area contributed by atoms with Crippen LogP contribution in [0.1, 0.15) is 51.8 Å². The minimum absolute atomic E-state index is 0.243. The molecule has 3 aromatic heterocycles. The van der Waals surface area contributed by atoms with Crippen LogP contribution in [-0.4, -0.2) is 9.97 Å². The lowest BCUT2D eigenvalue weighted by Crippen LogP contribution is -2.20. The molecule has 0 N–H and O–H groups in total. The number of hydrogen-bond acceptors (Lipinski definition) is 3. The van der Waals surface area contributed by atoms with E-state index in [9.17, 15) is 0 Å². The number of para-hydroxylation sites is 1. The van der Waals surface area contributed by atoms with Crippen LogP contribution in [0.4, 0.5) is 0 Å². The van der Waals surface area contributed by atoms with Gasteiger partial charge in [0.05, 0.1) is 11.4 Å². The summed E-state index contributed by atoms with van der Waals surface area (Å²) in [5, 5.41) is 2.01. The SMILES string of the molecule is [2H]C(C)(C)c1ccnc(-c2cccc3c2oc2nc(C(C)(C)c4ccccc4)ccc23)c1. The molecule has 0 aliphatic carbocycles. The molecular formula is C28H26N2O. The van der Waals surface area contributed by atoms with Gasteiger partial charge < -0.3 is 4.42 Å². The van der Waals surface area contributed by atoms with Crippen LogP contribution < -0.4 is 0 Å². The van der Waals surface area contributed by atoms with Crippen molar-refractivity contribution in [1.82, 2.24) is 9.97 Å². The lowest BCUT2D eigenvalue weighted by molar-refractivity contribution is 0.601. The molecule has 2 aromatic carbocycles. The lowest BCUT2D eigenvalue weighted by atomic mass is 9.81. The van der Waals surface area contributed by atoms with Gasteiger partial charge in [0.2, 0.25) is 5.71 Å². The van der Waals surface area contributed by atoms with Crippen LogP contribution in [0, 0.1) is 0 Å². The Morgan fingerprint density at radius 2 is 1.71 bits per heavy atom. The Balaban J connectivity index is 1.67. The highest BCUT2D eigenvalue weighted by Gasteiger charge is 2.26. The molecule has 0 radical (unpaired) electrons. The van der Waals surface area contributed by atoms with Crippen molar-refractivity contribution in [3.8, 4) is 11.3 Å². The predicted molar refractivity (Wildman–Crippen MR) is 127 cm³/mol. The smallest absolute Gasteiger partial charge is 0.227 e. The van der Waals surface area contributed by atoms with E-state index in [0.717, 1.165) is 38.9 Å². The van der Waals surface area contributed by atoms with Crippen LogP contribution in [0.2, 0.25) is 0 Å². The zero-order valence-electron chi connectivity index (χ0n) is 19.3. The molecule has 0 fully saturated rings. The Bertz CT molecular complexity index is 1430. The van der Waals surface area contributed by atoms with Crippen LogP contribution in [-0.2, 0) is 5.41 Å². The highest BCUT2D eigenvalue weighted by Crippen LogP contribution is 2.37. The van der Waals surface area contributed by atoms with Crippen molar-refractivity contribution in [3.05, 3.63) is 95.8 Å². The van der Waals surface area contributed by atoms with E-state index in [1.54, 1.807) is 6.20 Å². The summed E-state index contributed by atoms with van der Waals surface area (Å²) in [6, 6.07) is 24.6. The summed E-state index contributed by atoms with van der Waals surface area (Å²) in [7, 11) is 0. The van der Waals surface area contributed by atoms with Crippen LogP contribution in [0.25, 0.3) is 33.3 Å². The predicted octanol–water partition coefficient (Wildman–Crippen LogP) is 7.49. The Hall–Kier alpha value is -3.46. The largest absolute Gasteiger partial charge is 0.437 e. The van der Waals surface area contributed by atoms with Crippen molar-refractivity contribution < 1.29 is 5.79 Å². The molecule has 154 valence electrons. The van der Waals surface area contributed by atoms with Gasteiger partial charge in [-0.05, 0) is 47.4 Å². The lowest BCUT2D eigenvalue weighted by Gasteiger charge is -2.24. The number of furan rings is 1. The fraction of sp³-hybridized carbons (Fsp3) is 0.214. The molecule has 0 unspecified atom stereocenters. The Morgan fingerprint density at radius 1 is 0.903 bits per heavy atom. The van der Waals surface area contributed by atoms with E-state index in [4.69, 9.17) is 10.8 Å². The van der Waals surface area contributed by atoms with E-state index in [-0.39, 0.29) is 5.41 Å². The molecule has 5 aromatic rings. The summed E-state index contributed by atoms with van der Waals surface area (Å²) in [5.74, 6) is -0.695. The summed E-state index contributed by atoms with van der Waals surface area (Å²) in [6.45, 7) is 8.13. The first kappa shape index (κ1) is 18.3. The number of pyridine rings is 2. The molecule has 5 rings (SSSR count). The topological polar surface area (TPSA) is 38.9 Å². The third-order valence-electron chi connectivity index (χ3n) is 6.11. The van der Waals surface area contributed by atoms with Gasteiger partial charge in [0.15, 0.2) is 0 Å². The molecular weight excluding hydrogens is 380 g/mol. The standard InChI is InChI=1S/C28H26N2O/c1-18(2)19-15-16-29-24(17-19)23-12-8-11-21-22-13-14-25(30-27(22)31-26(21)23)28(3,4)20-9-6-5-7-10-20/h5-18H,1-4H3/i18D. The molecule has 0 atom stereocenters. The quantitative estimate of drug-likeness (QED) is 0.310. The molecule has 31 heavy (non-hydrogen) atoms. The number of benzene rings is 2. The number of hydrogen-bond donors (Lipinski definition) is 0. The third kappa shape index (κ3) is 3.31. The van der Waals surface area contributed by atoms with Gasteiger partial charge in [0, 0.05) is 29.3 Å². The first-order valence-corrected chi connectivity index (χ1v) is 10.6. The average molecular weight is 408 g/mol. The molecule has 0 spiro atoms. The average Bonchev–Trinajstić information content (AvgIpc) is 3.17. The minimum atomic E-state index is -0.695. The van der Waals surface area contributed by atoms with Gasteiger partial charge in [0.1, 0.15) is 5.58 Å². The van der Waals surface area contributed by atoms with E-state index in [1.807, 2.05) is 44.2 Å². The number of rotatable bonds is 4. The summed E-state index contributed by atoms with van der Waals surface area (Å²) >= 11 is 0. The second-order valence-corrected chi connectivity index (χ2v) is 8.75. The highest BCUT2D eigenvalue weighted by atomic mass is 16.3. The van der Waals surface area contributed by atoms with Crippen LogP contribution in [0.3, 0.4) is 0 Å². The first-order valence-electron chi connectivity index (χ1n) is 11.1. The molecule has 0 bridgehead atoms. The van der Waals surface area contributed by atoms with Gasteiger partial charge in [-0.2, -0.15) is 0 Å². The van der Waals surface area contributed by atoms with Crippen molar-refractivity contribution >= 4 is 22.1 Å². The minimum Gasteiger partial charge on any atom is -0.437 e. The molecule has 0 saturated heterocycles. The molecule has 0 amide bonds. The monoisotopic (exact) mass is 407 g/mol. The van der Waals surface area contributed by atoms with Crippen molar-refractivity contribution in [2.24, 2.45) is 0 Å². The number of nitrogens with zero attached hydrogens (tertiary/aromatic N) is 2. The van der Waals surface area contributed by atoms with Gasteiger partial charge >= 0.3 is 0 Å². The molecule has 3 heteroatoms. The van der Waals surface area contributed by atoms with Crippen LogP contribution in [0.5, 0.6) is 0 Å². The Labute approximate surface area is 184 Å². The van der Waals surface area contributed by atoms with Crippen LogP contribution in [0.15, 0.2) is 83.4 Å². The molecule has 3 nitrogen and oxygen atoms in total. The van der Waals surface area contributed by atoms with E-state index in [0.29, 0.717) is 5.71 Å². The second-order valence-electron chi connectivity index (χ2n) is 8.75. The van der Waals surface area contributed by atoms with E-state index >= 15 is 0 Å².